The molecule has 0 radical (unpaired) electrons. The molecule has 0 N–H and O–H groups in total. The summed E-state index contributed by atoms with van der Waals surface area (Å²) in [6.07, 6.45) is 3.94. The van der Waals surface area contributed by atoms with Gasteiger partial charge in [-0.3, -0.25) is 4.79 Å². The van der Waals surface area contributed by atoms with E-state index in [1.165, 1.54) is 15.4 Å². The molecule has 1 saturated carbocycles. The zero-order chi connectivity index (χ0) is 20.6. The Labute approximate surface area is 173 Å². The Hall–Kier alpha value is -2.18. The Bertz CT molecular complexity index is 1010. The Balaban J connectivity index is 1.67. The van der Waals surface area contributed by atoms with Crippen LogP contribution in [0.1, 0.15) is 60.6 Å². The molecule has 1 amide bonds. The average molecular weight is 413 g/mol. The van der Waals surface area contributed by atoms with E-state index in [9.17, 15) is 13.2 Å². The molecule has 0 spiro atoms. The van der Waals surface area contributed by atoms with Crippen molar-refractivity contribution in [1.82, 2.24) is 9.21 Å². The summed E-state index contributed by atoms with van der Waals surface area (Å²) in [4.78, 5) is 15.7. The molecule has 29 heavy (non-hydrogen) atoms. The number of carbonyl (C=O) groups is 1. The molecule has 0 saturated heterocycles. The second kappa shape index (κ2) is 7.92. The molecule has 2 aliphatic rings. The minimum absolute atomic E-state index is 0.0641. The summed E-state index contributed by atoms with van der Waals surface area (Å²) in [6, 6.07) is 15.2. The van der Waals surface area contributed by atoms with Crippen LogP contribution in [0.25, 0.3) is 0 Å². The lowest BCUT2D eigenvalue weighted by molar-refractivity contribution is 0.0658. The van der Waals surface area contributed by atoms with Crippen molar-refractivity contribution in [1.29, 1.82) is 0 Å². The van der Waals surface area contributed by atoms with Crippen LogP contribution in [0.4, 0.5) is 0 Å². The summed E-state index contributed by atoms with van der Waals surface area (Å²) in [5, 5.41) is 0. The number of sulfonamides is 1. The van der Waals surface area contributed by atoms with Crippen molar-refractivity contribution >= 4 is 15.9 Å². The minimum Gasteiger partial charge on any atom is -0.329 e. The van der Waals surface area contributed by atoms with Gasteiger partial charge < -0.3 is 4.90 Å². The van der Waals surface area contributed by atoms with Crippen LogP contribution in [-0.4, -0.2) is 42.7 Å². The Kier molecular flexibility index (Phi) is 5.49. The van der Waals surface area contributed by atoms with Crippen molar-refractivity contribution in [3.63, 3.8) is 0 Å². The van der Waals surface area contributed by atoms with Gasteiger partial charge in [0.25, 0.3) is 5.91 Å². The quantitative estimate of drug-likeness (QED) is 0.690. The molecule has 2 aliphatic carbocycles. The monoisotopic (exact) mass is 412 g/mol. The summed E-state index contributed by atoms with van der Waals surface area (Å²) in [5.41, 5.74) is 3.00. The van der Waals surface area contributed by atoms with E-state index in [-0.39, 0.29) is 22.9 Å². The van der Waals surface area contributed by atoms with E-state index in [0.717, 1.165) is 25.7 Å². The van der Waals surface area contributed by atoms with E-state index in [2.05, 4.69) is 12.1 Å². The summed E-state index contributed by atoms with van der Waals surface area (Å²) >= 11 is 0. The van der Waals surface area contributed by atoms with Gasteiger partial charge in [-0.25, -0.2) is 8.42 Å². The van der Waals surface area contributed by atoms with E-state index in [0.29, 0.717) is 18.7 Å². The number of benzene rings is 2. The van der Waals surface area contributed by atoms with Crippen LogP contribution in [0.2, 0.25) is 0 Å². The summed E-state index contributed by atoms with van der Waals surface area (Å²) in [5.74, 6) is -0.0641. The first kappa shape index (κ1) is 20.1. The third-order valence-electron chi connectivity index (χ3n) is 6.04. The fraction of sp³-hybridized carbons (Fsp3) is 0.435. The molecule has 1 fully saturated rings. The lowest BCUT2D eigenvalue weighted by atomic mass is 10.1. The standard InChI is InChI=1S/C23H28N2O3S/c1-3-24(4-2)29(27,28)20-10-7-9-18(16-20)23(26)25(19-13-14-19)22-15-12-17-8-5-6-11-21(17)22/h5-11,16,19,22H,3-4,12-15H2,1-2H3. The fourth-order valence-electron chi connectivity index (χ4n) is 4.39. The SMILES string of the molecule is CCN(CC)S(=O)(=O)c1cccc(C(=O)N(C2CC2)C2CCc3ccccc32)c1. The molecule has 6 heteroatoms. The molecule has 2 aromatic rings. The van der Waals surface area contributed by atoms with Crippen molar-refractivity contribution in [2.24, 2.45) is 0 Å². The van der Waals surface area contributed by atoms with Crippen molar-refractivity contribution in [3.8, 4) is 0 Å². The first-order chi connectivity index (χ1) is 14.0. The molecule has 154 valence electrons. The smallest absolute Gasteiger partial charge is 0.254 e. The van der Waals surface area contributed by atoms with Crippen LogP contribution in [0.15, 0.2) is 53.4 Å². The second-order valence-corrected chi connectivity index (χ2v) is 9.75. The van der Waals surface area contributed by atoms with E-state index in [4.69, 9.17) is 0 Å². The molecular formula is C23H28N2O3S. The van der Waals surface area contributed by atoms with Gasteiger partial charge >= 0.3 is 0 Å². The summed E-state index contributed by atoms with van der Waals surface area (Å²) in [7, 11) is -3.59. The van der Waals surface area contributed by atoms with Crippen LogP contribution < -0.4 is 0 Å². The molecule has 0 heterocycles. The van der Waals surface area contributed by atoms with Gasteiger partial charge in [0.2, 0.25) is 10.0 Å². The molecule has 0 bridgehead atoms. The number of aryl methyl sites for hydroxylation is 1. The number of fused-ring (bicyclic) bond motifs is 1. The summed E-state index contributed by atoms with van der Waals surface area (Å²) < 4.78 is 27.2. The number of nitrogens with zero attached hydrogens (tertiary/aromatic N) is 2. The van der Waals surface area contributed by atoms with E-state index < -0.39 is 10.0 Å². The number of amides is 1. The molecule has 5 nitrogen and oxygen atoms in total. The number of carbonyl (C=O) groups excluding carboxylic acids is 1. The van der Waals surface area contributed by atoms with Crippen LogP contribution in [-0.2, 0) is 16.4 Å². The highest BCUT2D eigenvalue weighted by Crippen LogP contribution is 2.42. The summed E-state index contributed by atoms with van der Waals surface area (Å²) in [6.45, 7) is 4.46. The number of hydrogen-bond donors (Lipinski definition) is 0. The van der Waals surface area contributed by atoms with Gasteiger partial charge in [-0.2, -0.15) is 4.31 Å². The lowest BCUT2D eigenvalue weighted by Crippen LogP contribution is -2.36. The number of hydrogen-bond acceptors (Lipinski definition) is 3. The van der Waals surface area contributed by atoms with Gasteiger partial charge in [-0.15, -0.1) is 0 Å². The van der Waals surface area contributed by atoms with E-state index in [1.807, 2.05) is 30.9 Å². The molecule has 2 aromatic carbocycles. The minimum atomic E-state index is -3.59. The van der Waals surface area contributed by atoms with Gasteiger partial charge in [-0.05, 0) is 55.0 Å². The van der Waals surface area contributed by atoms with Crippen LogP contribution in [0, 0.1) is 0 Å². The van der Waals surface area contributed by atoms with Crippen LogP contribution in [0.5, 0.6) is 0 Å². The predicted octanol–water partition coefficient (Wildman–Crippen LogP) is 4.01. The topological polar surface area (TPSA) is 57.7 Å². The maximum Gasteiger partial charge on any atom is 0.254 e. The second-order valence-electron chi connectivity index (χ2n) is 7.81. The van der Waals surface area contributed by atoms with Crippen LogP contribution in [0.3, 0.4) is 0 Å². The first-order valence-electron chi connectivity index (χ1n) is 10.5. The van der Waals surface area contributed by atoms with Gasteiger partial charge in [0, 0.05) is 24.7 Å². The molecule has 4 rings (SSSR count). The van der Waals surface area contributed by atoms with Crippen LogP contribution >= 0.6 is 0 Å². The average Bonchev–Trinajstić information content (AvgIpc) is 3.48. The fourth-order valence-corrected chi connectivity index (χ4v) is 5.89. The van der Waals surface area contributed by atoms with Crippen molar-refractivity contribution in [2.75, 3.05) is 13.1 Å². The molecule has 1 atom stereocenters. The van der Waals surface area contributed by atoms with Gasteiger partial charge in [-0.1, -0.05) is 44.2 Å². The van der Waals surface area contributed by atoms with Gasteiger partial charge in [0.15, 0.2) is 0 Å². The molecule has 0 aromatic heterocycles. The largest absolute Gasteiger partial charge is 0.329 e. The Morgan fingerprint density at radius 2 is 1.72 bits per heavy atom. The third-order valence-corrected chi connectivity index (χ3v) is 8.08. The number of rotatable bonds is 7. The highest BCUT2D eigenvalue weighted by Gasteiger charge is 2.40. The molecule has 1 unspecified atom stereocenters. The van der Waals surface area contributed by atoms with Gasteiger partial charge in [0.05, 0.1) is 10.9 Å². The first-order valence-corrected chi connectivity index (χ1v) is 11.9. The van der Waals surface area contributed by atoms with E-state index >= 15 is 0 Å². The maximum absolute atomic E-state index is 13.5. The van der Waals surface area contributed by atoms with Gasteiger partial charge in [0.1, 0.15) is 0 Å². The zero-order valence-corrected chi connectivity index (χ0v) is 17.9. The highest BCUT2D eigenvalue weighted by atomic mass is 32.2. The van der Waals surface area contributed by atoms with Crippen molar-refractivity contribution < 1.29 is 13.2 Å². The zero-order valence-electron chi connectivity index (χ0n) is 17.0. The third kappa shape index (κ3) is 3.71. The Morgan fingerprint density at radius 1 is 1.00 bits per heavy atom. The molecule has 0 aliphatic heterocycles. The maximum atomic E-state index is 13.5. The lowest BCUT2D eigenvalue weighted by Gasteiger charge is -2.30. The predicted molar refractivity (Wildman–Crippen MR) is 113 cm³/mol. The van der Waals surface area contributed by atoms with Crippen molar-refractivity contribution in [2.45, 2.75) is 56.5 Å². The van der Waals surface area contributed by atoms with E-state index in [1.54, 1.807) is 24.3 Å². The molecular weight excluding hydrogens is 384 g/mol. The highest BCUT2D eigenvalue weighted by molar-refractivity contribution is 7.89. The van der Waals surface area contributed by atoms with Crippen molar-refractivity contribution in [3.05, 3.63) is 65.2 Å². The normalized spacial score (nSPS) is 18.7. The Morgan fingerprint density at radius 3 is 2.41 bits per heavy atom.